The van der Waals surface area contributed by atoms with E-state index >= 15 is 0 Å². The van der Waals surface area contributed by atoms with Gasteiger partial charge in [0.2, 0.25) is 0 Å². The largest absolute Gasteiger partial charge is 0.379 e. The molecule has 0 atom stereocenters. The molecule has 0 unspecified atom stereocenters. The molecule has 0 spiro atoms. The SMILES string of the molecule is C=C(Br)CSc1nc2ccccc2c(=O)n1CCCOC(C)C. The average Bonchev–Trinajstić information content (AvgIpc) is 2.51. The third kappa shape index (κ3) is 5.19. The summed E-state index contributed by atoms with van der Waals surface area (Å²) in [5.74, 6) is 0.674. The van der Waals surface area contributed by atoms with Gasteiger partial charge in [-0.2, -0.15) is 0 Å². The number of para-hydroxylation sites is 1. The molecule has 6 heteroatoms. The van der Waals surface area contributed by atoms with Gasteiger partial charge >= 0.3 is 0 Å². The van der Waals surface area contributed by atoms with Crippen molar-refractivity contribution in [1.29, 1.82) is 0 Å². The standard InChI is InChI=1S/C17H21BrN2O2S/c1-12(2)22-10-6-9-20-16(21)14-7-4-5-8-15(14)19-17(20)23-11-13(3)18/h4-5,7-8,12H,3,6,9-11H2,1-2H3. The molecule has 0 aliphatic heterocycles. The van der Waals surface area contributed by atoms with Crippen LogP contribution in [0.25, 0.3) is 10.9 Å². The highest BCUT2D eigenvalue weighted by molar-refractivity contribution is 9.11. The van der Waals surface area contributed by atoms with Gasteiger partial charge in [0.15, 0.2) is 5.16 Å². The topological polar surface area (TPSA) is 44.1 Å². The van der Waals surface area contributed by atoms with Crippen LogP contribution in [0.15, 0.2) is 45.3 Å². The molecule has 0 radical (unpaired) electrons. The van der Waals surface area contributed by atoms with Crippen LogP contribution in [0.5, 0.6) is 0 Å². The number of ether oxygens (including phenoxy) is 1. The predicted molar refractivity (Wildman–Crippen MR) is 100 cm³/mol. The van der Waals surface area contributed by atoms with Gasteiger partial charge in [-0.25, -0.2) is 4.98 Å². The zero-order valence-corrected chi connectivity index (χ0v) is 15.8. The summed E-state index contributed by atoms with van der Waals surface area (Å²) >= 11 is 4.87. The highest BCUT2D eigenvalue weighted by Gasteiger charge is 2.11. The summed E-state index contributed by atoms with van der Waals surface area (Å²) in [6, 6.07) is 7.46. The third-order valence-electron chi connectivity index (χ3n) is 3.16. The van der Waals surface area contributed by atoms with Crippen LogP contribution in [-0.2, 0) is 11.3 Å². The maximum atomic E-state index is 12.8. The lowest BCUT2D eigenvalue weighted by molar-refractivity contribution is 0.0743. The van der Waals surface area contributed by atoms with Crippen LogP contribution in [0.3, 0.4) is 0 Å². The second-order valence-electron chi connectivity index (χ2n) is 5.45. The molecule has 1 aromatic heterocycles. The molecule has 124 valence electrons. The molecular formula is C17H21BrN2O2S. The lowest BCUT2D eigenvalue weighted by Crippen LogP contribution is -2.24. The fraction of sp³-hybridized carbons (Fsp3) is 0.412. The van der Waals surface area contributed by atoms with Gasteiger partial charge in [0, 0.05) is 18.9 Å². The Kier molecular flexibility index (Phi) is 6.87. The normalized spacial score (nSPS) is 11.3. The van der Waals surface area contributed by atoms with Crippen molar-refractivity contribution < 1.29 is 4.74 Å². The van der Waals surface area contributed by atoms with E-state index in [0.717, 1.165) is 21.6 Å². The molecule has 0 amide bonds. The van der Waals surface area contributed by atoms with Gasteiger partial charge < -0.3 is 4.74 Å². The molecule has 0 saturated heterocycles. The van der Waals surface area contributed by atoms with E-state index in [2.05, 4.69) is 27.5 Å². The number of nitrogens with zero attached hydrogens (tertiary/aromatic N) is 2. The molecule has 0 fully saturated rings. The van der Waals surface area contributed by atoms with Gasteiger partial charge in [-0.05, 0) is 36.9 Å². The molecule has 1 aromatic carbocycles. The van der Waals surface area contributed by atoms with Crippen LogP contribution < -0.4 is 5.56 Å². The summed E-state index contributed by atoms with van der Waals surface area (Å²) in [4.78, 5) is 17.4. The van der Waals surface area contributed by atoms with E-state index in [4.69, 9.17) is 4.74 Å². The van der Waals surface area contributed by atoms with Crippen LogP contribution in [0.1, 0.15) is 20.3 Å². The summed E-state index contributed by atoms with van der Waals surface area (Å²) < 4.78 is 8.18. The molecule has 0 saturated carbocycles. The number of benzene rings is 1. The van der Waals surface area contributed by atoms with Crippen molar-refractivity contribution in [2.24, 2.45) is 0 Å². The smallest absolute Gasteiger partial charge is 0.262 e. The number of hydrogen-bond acceptors (Lipinski definition) is 4. The first kappa shape index (κ1) is 18.2. The average molecular weight is 397 g/mol. The highest BCUT2D eigenvalue weighted by Crippen LogP contribution is 2.21. The van der Waals surface area contributed by atoms with E-state index in [9.17, 15) is 4.79 Å². The number of halogens is 1. The first-order valence-electron chi connectivity index (χ1n) is 7.56. The van der Waals surface area contributed by atoms with Crippen LogP contribution in [0, 0.1) is 0 Å². The van der Waals surface area contributed by atoms with E-state index < -0.39 is 0 Å². The Balaban J connectivity index is 2.29. The van der Waals surface area contributed by atoms with Gasteiger partial charge in [-0.3, -0.25) is 9.36 Å². The van der Waals surface area contributed by atoms with Crippen molar-refractivity contribution in [2.75, 3.05) is 12.4 Å². The molecule has 0 aliphatic carbocycles. The predicted octanol–water partition coefficient (Wildman–Crippen LogP) is 4.21. The van der Waals surface area contributed by atoms with Crippen molar-refractivity contribution in [3.63, 3.8) is 0 Å². The molecule has 0 N–H and O–H groups in total. The van der Waals surface area contributed by atoms with Gasteiger partial charge in [0.05, 0.1) is 17.0 Å². The van der Waals surface area contributed by atoms with Crippen molar-refractivity contribution in [1.82, 2.24) is 9.55 Å². The minimum atomic E-state index is 0.00262. The Morgan fingerprint density at radius 2 is 2.17 bits per heavy atom. The van der Waals surface area contributed by atoms with Gasteiger partial charge in [-0.15, -0.1) is 0 Å². The van der Waals surface area contributed by atoms with Gasteiger partial charge in [-0.1, -0.05) is 46.4 Å². The second-order valence-corrected chi connectivity index (χ2v) is 7.51. The lowest BCUT2D eigenvalue weighted by Gasteiger charge is -2.13. The van der Waals surface area contributed by atoms with Crippen molar-refractivity contribution in [3.05, 3.63) is 45.7 Å². The monoisotopic (exact) mass is 396 g/mol. The van der Waals surface area contributed by atoms with E-state index in [1.807, 2.05) is 38.1 Å². The molecule has 2 rings (SSSR count). The zero-order valence-electron chi connectivity index (χ0n) is 13.4. The molecule has 23 heavy (non-hydrogen) atoms. The molecule has 2 aromatic rings. The summed E-state index contributed by atoms with van der Waals surface area (Å²) in [6.07, 6.45) is 0.980. The second kappa shape index (κ2) is 8.66. The first-order chi connectivity index (χ1) is 11.0. The molecule has 0 aliphatic rings. The van der Waals surface area contributed by atoms with Crippen LogP contribution >= 0.6 is 27.7 Å². The van der Waals surface area contributed by atoms with Crippen LogP contribution in [0.2, 0.25) is 0 Å². The van der Waals surface area contributed by atoms with Crippen molar-refractivity contribution in [2.45, 2.75) is 38.1 Å². The third-order valence-corrected chi connectivity index (χ3v) is 4.88. The Bertz CT molecular complexity index is 743. The lowest BCUT2D eigenvalue weighted by atomic mass is 10.2. The van der Waals surface area contributed by atoms with Gasteiger partial charge in [0.25, 0.3) is 5.56 Å². The quantitative estimate of drug-likeness (QED) is 0.380. The molecule has 1 heterocycles. The summed E-state index contributed by atoms with van der Waals surface area (Å²) in [5, 5.41) is 1.37. The number of rotatable bonds is 8. The minimum Gasteiger partial charge on any atom is -0.379 e. The fourth-order valence-corrected chi connectivity index (χ4v) is 3.26. The Morgan fingerprint density at radius 1 is 1.43 bits per heavy atom. The fourth-order valence-electron chi connectivity index (χ4n) is 2.14. The number of fused-ring (bicyclic) bond motifs is 1. The minimum absolute atomic E-state index is 0.00262. The summed E-state index contributed by atoms with van der Waals surface area (Å²) in [5.41, 5.74) is 0.734. The van der Waals surface area contributed by atoms with E-state index in [1.54, 1.807) is 4.57 Å². The molecular weight excluding hydrogens is 376 g/mol. The van der Waals surface area contributed by atoms with E-state index in [-0.39, 0.29) is 11.7 Å². The maximum Gasteiger partial charge on any atom is 0.262 e. The number of aromatic nitrogens is 2. The maximum absolute atomic E-state index is 12.8. The van der Waals surface area contributed by atoms with Crippen molar-refractivity contribution >= 4 is 38.6 Å². The Labute approximate surface area is 149 Å². The molecule has 4 nitrogen and oxygen atoms in total. The van der Waals surface area contributed by atoms with E-state index in [1.165, 1.54) is 11.8 Å². The number of thioether (sulfide) groups is 1. The Hall–Kier alpha value is -1.11. The van der Waals surface area contributed by atoms with Crippen LogP contribution in [0.4, 0.5) is 0 Å². The zero-order chi connectivity index (χ0) is 16.8. The van der Waals surface area contributed by atoms with Gasteiger partial charge in [0.1, 0.15) is 0 Å². The summed E-state index contributed by atoms with van der Waals surface area (Å²) in [7, 11) is 0. The summed E-state index contributed by atoms with van der Waals surface area (Å²) in [6.45, 7) is 9.08. The van der Waals surface area contributed by atoms with Crippen molar-refractivity contribution in [3.8, 4) is 0 Å². The number of hydrogen-bond donors (Lipinski definition) is 0. The highest BCUT2D eigenvalue weighted by atomic mass is 79.9. The Morgan fingerprint density at radius 3 is 2.87 bits per heavy atom. The van der Waals surface area contributed by atoms with E-state index in [0.29, 0.717) is 24.3 Å². The molecule has 0 bridgehead atoms. The first-order valence-corrected chi connectivity index (χ1v) is 9.34. The van der Waals surface area contributed by atoms with Crippen LogP contribution in [-0.4, -0.2) is 28.0 Å².